The normalized spacial score (nSPS) is 16.2. The lowest BCUT2D eigenvalue weighted by atomic mass is 9.64. The highest BCUT2D eigenvalue weighted by molar-refractivity contribution is 6.67. The summed E-state index contributed by atoms with van der Waals surface area (Å²) in [7, 11) is 0. The van der Waals surface area contributed by atoms with E-state index in [9.17, 15) is 4.79 Å². The van der Waals surface area contributed by atoms with Gasteiger partial charge in [0.2, 0.25) is 0 Å². The van der Waals surface area contributed by atoms with E-state index in [4.69, 9.17) is 26.4 Å². The number of fused-ring (bicyclic) bond motifs is 1. The highest BCUT2D eigenvalue weighted by Gasteiger charge is 2.24. The molecule has 7 nitrogen and oxygen atoms in total. The Morgan fingerprint density at radius 2 is 2.10 bits per heavy atom. The van der Waals surface area contributed by atoms with Crippen molar-refractivity contribution in [2.45, 2.75) is 38.9 Å². The smallest absolute Gasteiger partial charge is 0.410 e. The lowest BCUT2D eigenvalue weighted by Gasteiger charge is -2.29. The second kappa shape index (κ2) is 8.78. The first-order valence-corrected chi connectivity index (χ1v) is 10.1. The molecule has 0 aliphatic carbocycles. The lowest BCUT2D eigenvalue weighted by molar-refractivity contribution is 0.0869. The second-order valence-corrected chi connectivity index (χ2v) is 7.70. The van der Waals surface area contributed by atoms with Crippen LogP contribution in [0.4, 0.5) is 10.5 Å². The monoisotopic (exact) mass is 405 g/mol. The number of benzene rings is 2. The molecule has 2 heterocycles. The molecule has 154 valence electrons. The maximum Gasteiger partial charge on any atom is 0.410 e. The molecule has 1 saturated heterocycles. The minimum atomic E-state index is -0.371. The molecule has 2 aromatic rings. The van der Waals surface area contributed by atoms with Crippen molar-refractivity contribution in [2.75, 3.05) is 13.1 Å². The fourth-order valence-corrected chi connectivity index (χ4v) is 3.76. The Kier molecular flexibility index (Phi) is 5.93. The molecular weight excluding hydrogens is 381 g/mol. The van der Waals surface area contributed by atoms with Crippen molar-refractivity contribution in [2.24, 2.45) is 5.73 Å². The molecular formula is C22H24BN3O4. The Balaban J connectivity index is 1.47. The molecule has 0 spiro atoms. The van der Waals surface area contributed by atoms with Crippen LogP contribution in [0.25, 0.3) is 4.85 Å². The molecule has 8 heteroatoms. The van der Waals surface area contributed by atoms with Gasteiger partial charge in [0.15, 0.2) is 5.69 Å². The van der Waals surface area contributed by atoms with Crippen molar-refractivity contribution in [3.05, 3.63) is 58.9 Å². The summed E-state index contributed by atoms with van der Waals surface area (Å²) in [6.45, 7) is 11.2. The quantitative estimate of drug-likeness (QED) is 0.623. The molecule has 0 bridgehead atoms. The van der Waals surface area contributed by atoms with Crippen LogP contribution < -0.4 is 15.9 Å². The minimum Gasteiger partial charge on any atom is -0.457 e. The number of amides is 1. The molecule has 0 saturated carbocycles. The van der Waals surface area contributed by atoms with E-state index in [1.165, 1.54) is 5.46 Å². The van der Waals surface area contributed by atoms with Crippen LogP contribution in [-0.2, 0) is 22.6 Å². The van der Waals surface area contributed by atoms with E-state index in [1.54, 1.807) is 23.1 Å². The van der Waals surface area contributed by atoms with Crippen LogP contribution in [0.15, 0.2) is 36.4 Å². The molecule has 2 aliphatic rings. The topological polar surface area (TPSA) is 78.4 Å². The van der Waals surface area contributed by atoms with Crippen molar-refractivity contribution in [3.8, 4) is 11.5 Å². The van der Waals surface area contributed by atoms with Crippen molar-refractivity contribution in [1.29, 1.82) is 0 Å². The van der Waals surface area contributed by atoms with Gasteiger partial charge in [-0.25, -0.2) is 9.64 Å². The number of carbonyl (C=O) groups is 1. The first-order valence-electron chi connectivity index (χ1n) is 10.1. The van der Waals surface area contributed by atoms with E-state index in [2.05, 4.69) is 4.85 Å². The van der Waals surface area contributed by atoms with Gasteiger partial charge < -0.3 is 24.8 Å². The Bertz CT molecular complexity index is 983. The fraction of sp³-hybridized carbons (Fsp3) is 0.364. The van der Waals surface area contributed by atoms with Gasteiger partial charge in [0.25, 0.3) is 0 Å². The van der Waals surface area contributed by atoms with Gasteiger partial charge in [-0.05, 0) is 48.1 Å². The number of rotatable bonds is 4. The van der Waals surface area contributed by atoms with E-state index >= 15 is 0 Å². The summed E-state index contributed by atoms with van der Waals surface area (Å²) in [4.78, 5) is 17.6. The summed E-state index contributed by atoms with van der Waals surface area (Å²) in [5.41, 5.74) is 9.29. The highest BCUT2D eigenvalue weighted by atomic mass is 16.6. The zero-order valence-corrected chi connectivity index (χ0v) is 17.0. The van der Waals surface area contributed by atoms with Crippen LogP contribution in [0.5, 0.6) is 11.5 Å². The van der Waals surface area contributed by atoms with Crippen LogP contribution >= 0.6 is 0 Å². The minimum absolute atomic E-state index is 0.0329. The molecule has 0 aromatic heterocycles. The Labute approximate surface area is 176 Å². The number of piperidine rings is 1. The third-order valence-electron chi connectivity index (χ3n) is 5.59. The predicted molar refractivity (Wildman–Crippen MR) is 114 cm³/mol. The van der Waals surface area contributed by atoms with Gasteiger partial charge in [-0.15, -0.1) is 0 Å². The maximum atomic E-state index is 12.4. The maximum absolute atomic E-state index is 12.4. The summed E-state index contributed by atoms with van der Waals surface area (Å²) in [6.07, 6.45) is 1.18. The summed E-state index contributed by atoms with van der Waals surface area (Å²) in [5.74, 6) is 1.24. The van der Waals surface area contributed by atoms with Crippen molar-refractivity contribution in [3.63, 3.8) is 0 Å². The lowest BCUT2D eigenvalue weighted by Crippen LogP contribution is -2.43. The second-order valence-electron chi connectivity index (χ2n) is 7.70. The van der Waals surface area contributed by atoms with Gasteiger partial charge in [-0.2, -0.15) is 0 Å². The molecule has 2 N–H and O–H groups in total. The summed E-state index contributed by atoms with van der Waals surface area (Å²) in [6, 6.07) is 11.1. The van der Waals surface area contributed by atoms with Crippen LogP contribution in [0, 0.1) is 6.57 Å². The van der Waals surface area contributed by atoms with E-state index in [-0.39, 0.29) is 25.7 Å². The molecule has 2 aromatic carbocycles. The summed E-state index contributed by atoms with van der Waals surface area (Å²) >= 11 is 0. The molecule has 4 rings (SSSR count). The van der Waals surface area contributed by atoms with E-state index in [1.807, 2.05) is 25.0 Å². The Morgan fingerprint density at radius 1 is 1.30 bits per heavy atom. The zero-order valence-electron chi connectivity index (χ0n) is 17.0. The average molecular weight is 405 g/mol. The van der Waals surface area contributed by atoms with Crippen molar-refractivity contribution in [1.82, 2.24) is 4.90 Å². The van der Waals surface area contributed by atoms with Gasteiger partial charge in [0.1, 0.15) is 18.1 Å². The number of nitrogens with two attached hydrogens (primary N) is 1. The van der Waals surface area contributed by atoms with Crippen LogP contribution in [-0.4, -0.2) is 37.0 Å². The highest BCUT2D eigenvalue weighted by Crippen LogP contribution is 2.31. The fourth-order valence-electron chi connectivity index (χ4n) is 3.76. The third kappa shape index (κ3) is 4.43. The van der Waals surface area contributed by atoms with Crippen LogP contribution in [0.3, 0.4) is 0 Å². The number of carbonyl (C=O) groups excluding carboxylic acids is 1. The largest absolute Gasteiger partial charge is 0.457 e. The summed E-state index contributed by atoms with van der Waals surface area (Å²) < 4.78 is 17.2. The molecule has 1 fully saturated rings. The Hall–Kier alpha value is -3.02. The van der Waals surface area contributed by atoms with Gasteiger partial charge in [-0.1, -0.05) is 19.0 Å². The standard InChI is InChI=1S/C22H24BN3O4/c1-23-20-5-4-19(12-15(20)14-29-23)30-21-6-3-18(25-2)11-16(21)13-28-22(27)26-9-7-17(24)8-10-26/h3-6,11-12,17H,7-10,13-14,24H2,1H3. The first kappa shape index (κ1) is 20.3. The van der Waals surface area contributed by atoms with Gasteiger partial charge in [-0.3, -0.25) is 0 Å². The number of ether oxygens (including phenoxy) is 2. The van der Waals surface area contributed by atoms with Crippen molar-refractivity contribution >= 4 is 24.2 Å². The molecule has 0 unspecified atom stereocenters. The van der Waals surface area contributed by atoms with Crippen molar-refractivity contribution < 1.29 is 18.9 Å². The molecule has 0 radical (unpaired) electrons. The molecule has 2 aliphatic heterocycles. The third-order valence-corrected chi connectivity index (χ3v) is 5.59. The van der Waals surface area contributed by atoms with E-state index in [0.29, 0.717) is 42.4 Å². The number of likely N-dealkylation sites (tertiary alicyclic amines) is 1. The van der Waals surface area contributed by atoms with Crippen LogP contribution in [0.1, 0.15) is 24.0 Å². The van der Waals surface area contributed by atoms with Gasteiger partial charge >= 0.3 is 13.0 Å². The summed E-state index contributed by atoms with van der Waals surface area (Å²) in [5, 5.41) is 0. The number of hydrogen-bond donors (Lipinski definition) is 1. The van der Waals surface area contributed by atoms with E-state index < -0.39 is 0 Å². The zero-order chi connectivity index (χ0) is 21.1. The molecule has 0 atom stereocenters. The Morgan fingerprint density at radius 3 is 2.87 bits per heavy atom. The first-order chi connectivity index (χ1) is 14.5. The SMILES string of the molecule is [C-]#[N+]c1ccc(Oc2ccc3c(c2)COB3C)c(COC(=O)N2CCC(N)CC2)c1. The molecule has 30 heavy (non-hydrogen) atoms. The van der Waals surface area contributed by atoms with Gasteiger partial charge in [0.05, 0.1) is 13.2 Å². The van der Waals surface area contributed by atoms with E-state index in [0.717, 1.165) is 18.4 Å². The van der Waals surface area contributed by atoms with Gasteiger partial charge in [0, 0.05) is 24.7 Å². The molecule has 1 amide bonds. The number of nitrogens with zero attached hydrogens (tertiary/aromatic N) is 2. The predicted octanol–water partition coefficient (Wildman–Crippen LogP) is 3.45. The number of hydrogen-bond acceptors (Lipinski definition) is 5. The average Bonchev–Trinajstić information content (AvgIpc) is 3.13. The van der Waals surface area contributed by atoms with Crippen LogP contribution in [0.2, 0.25) is 6.82 Å².